The predicted molar refractivity (Wildman–Crippen MR) is 26.4 cm³/mol. The van der Waals surface area contributed by atoms with Crippen LogP contribution in [0.15, 0.2) is 0 Å². The maximum atomic E-state index is 11.7. The summed E-state index contributed by atoms with van der Waals surface area (Å²) in [6.07, 6.45) is 0.133. The highest BCUT2D eigenvalue weighted by Crippen LogP contribution is 2.25. The van der Waals surface area contributed by atoms with Crippen LogP contribution in [0.4, 0.5) is 4.39 Å². The Labute approximate surface area is 42.2 Å². The van der Waals surface area contributed by atoms with E-state index in [1.165, 1.54) is 6.92 Å². The van der Waals surface area contributed by atoms with Crippen molar-refractivity contribution in [2.24, 2.45) is 0 Å². The second kappa shape index (κ2) is 3.16. The predicted octanol–water partition coefficient (Wildman–Crippen LogP) is 1.16. The van der Waals surface area contributed by atoms with Crippen molar-refractivity contribution in [1.82, 2.24) is 0 Å². The van der Waals surface area contributed by atoms with Gasteiger partial charge in [0, 0.05) is 0 Å². The van der Waals surface area contributed by atoms with Crippen molar-refractivity contribution in [2.75, 3.05) is 0 Å². The molecule has 0 bridgehead atoms. The second-order valence-electron chi connectivity index (χ2n) is 1.21. The van der Waals surface area contributed by atoms with Crippen molar-refractivity contribution in [2.45, 2.75) is 19.3 Å². The smallest absolute Gasteiger partial charge is 0.222 e. The van der Waals surface area contributed by atoms with Gasteiger partial charge in [-0.1, -0.05) is 6.92 Å². The average Bonchev–Trinajstić information content (AvgIpc) is 1.65. The Morgan fingerprint density at radius 1 is 2.00 bits per heavy atom. The molecule has 0 aromatic carbocycles. The highest BCUT2D eigenvalue weighted by molar-refractivity contribution is 7.38. The van der Waals surface area contributed by atoms with Crippen LogP contribution in [-0.4, -0.2) is 10.8 Å². The van der Waals surface area contributed by atoms with Crippen LogP contribution in [0, 0.1) is 0 Å². The fraction of sp³-hybridized carbons (Fsp3) is 1.00. The van der Waals surface area contributed by atoms with Gasteiger partial charge in [-0.2, -0.15) is 0 Å². The lowest BCUT2D eigenvalue weighted by Gasteiger charge is -1.94. The molecule has 0 spiro atoms. The summed E-state index contributed by atoms with van der Waals surface area (Å²) in [5.74, 6) is -1.50. The molecule has 0 saturated carbocycles. The van der Waals surface area contributed by atoms with E-state index in [2.05, 4.69) is 0 Å². The normalized spacial score (nSPS) is 18.7. The first-order chi connectivity index (χ1) is 3.18. The van der Waals surface area contributed by atoms with E-state index in [4.69, 9.17) is 4.89 Å². The third-order valence-corrected chi connectivity index (χ3v) is 1.57. The van der Waals surface area contributed by atoms with Crippen molar-refractivity contribution < 1.29 is 13.8 Å². The molecular weight excluding hydrogens is 118 g/mol. The van der Waals surface area contributed by atoms with Gasteiger partial charge < -0.3 is 4.89 Å². The zero-order chi connectivity index (χ0) is 5.86. The lowest BCUT2D eigenvalue weighted by atomic mass is 10.6. The molecule has 0 heterocycles. The Kier molecular flexibility index (Phi) is 3.22. The zero-order valence-electron chi connectivity index (χ0n) is 4.02. The minimum atomic E-state index is -2.88. The highest BCUT2D eigenvalue weighted by atomic mass is 31.1. The molecule has 2 atom stereocenters. The maximum absolute atomic E-state index is 11.7. The largest absolute Gasteiger partial charge is 0.344 e. The van der Waals surface area contributed by atoms with Crippen LogP contribution < -0.4 is 0 Å². The van der Waals surface area contributed by atoms with Crippen LogP contribution in [0.25, 0.3) is 0 Å². The number of halogens is 1. The third kappa shape index (κ3) is 2.77. The molecule has 44 valence electrons. The fourth-order valence-electron chi connectivity index (χ4n) is 0.175. The average molecular weight is 126 g/mol. The van der Waals surface area contributed by atoms with E-state index in [9.17, 15) is 8.96 Å². The first-order valence-electron chi connectivity index (χ1n) is 2.05. The quantitative estimate of drug-likeness (QED) is 0.563. The van der Waals surface area contributed by atoms with Gasteiger partial charge in [0.25, 0.3) is 0 Å². The summed E-state index contributed by atoms with van der Waals surface area (Å²) in [4.78, 5) is 7.99. The Bertz CT molecular complexity index is 75.3. The van der Waals surface area contributed by atoms with E-state index >= 15 is 0 Å². The lowest BCUT2D eigenvalue weighted by molar-refractivity contribution is 0.379. The number of rotatable bonds is 2. The molecule has 0 aromatic heterocycles. The number of hydrogen-bond acceptors (Lipinski definition) is 1. The van der Waals surface area contributed by atoms with Crippen molar-refractivity contribution in [1.29, 1.82) is 0 Å². The van der Waals surface area contributed by atoms with E-state index in [1.54, 1.807) is 0 Å². The van der Waals surface area contributed by atoms with Crippen molar-refractivity contribution in [3.8, 4) is 0 Å². The standard InChI is InChI=1S/C3H8FO2P/c1-2-3(4)7(5)6/h3,7H,2H2,1H3,(H,5,6). The summed E-state index contributed by atoms with van der Waals surface area (Å²) in [6.45, 7) is 1.53. The summed E-state index contributed by atoms with van der Waals surface area (Å²) in [5.41, 5.74) is 0. The van der Waals surface area contributed by atoms with Crippen LogP contribution in [0.5, 0.6) is 0 Å². The summed E-state index contributed by atoms with van der Waals surface area (Å²) in [6, 6.07) is 0. The molecule has 2 nitrogen and oxygen atoms in total. The molecule has 7 heavy (non-hydrogen) atoms. The molecule has 0 radical (unpaired) electrons. The SMILES string of the molecule is CCC(F)[PH](=O)O. The number of hydrogen-bond donors (Lipinski definition) is 1. The molecule has 0 rings (SSSR count). The zero-order valence-corrected chi connectivity index (χ0v) is 5.02. The van der Waals surface area contributed by atoms with Gasteiger partial charge in [0.1, 0.15) is 0 Å². The Hall–Kier alpha value is 0.120. The summed E-state index contributed by atoms with van der Waals surface area (Å²) < 4.78 is 21.5. The van der Waals surface area contributed by atoms with Crippen molar-refractivity contribution in [3.63, 3.8) is 0 Å². The third-order valence-electron chi connectivity index (χ3n) is 0.626. The van der Waals surface area contributed by atoms with Crippen molar-refractivity contribution in [3.05, 3.63) is 0 Å². The Balaban J connectivity index is 3.34. The first kappa shape index (κ1) is 7.12. The van der Waals surface area contributed by atoms with Crippen LogP contribution in [0.1, 0.15) is 13.3 Å². The Morgan fingerprint density at radius 3 is 2.43 bits per heavy atom. The van der Waals surface area contributed by atoms with Gasteiger partial charge in [-0.15, -0.1) is 0 Å². The van der Waals surface area contributed by atoms with Crippen LogP contribution >= 0.6 is 8.03 Å². The Morgan fingerprint density at radius 2 is 2.43 bits per heavy atom. The molecule has 2 unspecified atom stereocenters. The second-order valence-corrected chi connectivity index (χ2v) is 2.52. The number of alkyl halides is 1. The lowest BCUT2D eigenvalue weighted by Crippen LogP contribution is -1.86. The van der Waals surface area contributed by atoms with E-state index < -0.39 is 13.9 Å². The molecule has 1 N–H and O–H groups in total. The van der Waals surface area contributed by atoms with Gasteiger partial charge in [0.15, 0.2) is 5.91 Å². The monoisotopic (exact) mass is 126 g/mol. The van der Waals surface area contributed by atoms with Gasteiger partial charge >= 0.3 is 0 Å². The van der Waals surface area contributed by atoms with Crippen LogP contribution in [0.2, 0.25) is 0 Å². The summed E-state index contributed by atoms with van der Waals surface area (Å²) in [7, 11) is -2.88. The summed E-state index contributed by atoms with van der Waals surface area (Å²) in [5, 5.41) is 0. The van der Waals surface area contributed by atoms with Crippen LogP contribution in [-0.2, 0) is 4.57 Å². The van der Waals surface area contributed by atoms with Gasteiger partial charge in [0.05, 0.1) is 0 Å². The van der Waals surface area contributed by atoms with E-state index in [0.29, 0.717) is 0 Å². The van der Waals surface area contributed by atoms with E-state index in [-0.39, 0.29) is 6.42 Å². The maximum Gasteiger partial charge on any atom is 0.222 e. The van der Waals surface area contributed by atoms with E-state index in [1.807, 2.05) is 0 Å². The van der Waals surface area contributed by atoms with E-state index in [0.717, 1.165) is 0 Å². The fourth-order valence-corrected chi connectivity index (χ4v) is 0.524. The minimum absolute atomic E-state index is 0.133. The topological polar surface area (TPSA) is 37.3 Å². The molecule has 0 aliphatic heterocycles. The van der Waals surface area contributed by atoms with Gasteiger partial charge in [0.2, 0.25) is 8.03 Å². The van der Waals surface area contributed by atoms with Gasteiger partial charge in [-0.25, -0.2) is 4.39 Å². The molecule has 0 amide bonds. The van der Waals surface area contributed by atoms with Gasteiger partial charge in [-0.05, 0) is 6.42 Å². The highest BCUT2D eigenvalue weighted by Gasteiger charge is 2.06. The van der Waals surface area contributed by atoms with Crippen molar-refractivity contribution >= 4 is 8.03 Å². The molecule has 0 aliphatic carbocycles. The first-order valence-corrected chi connectivity index (χ1v) is 3.48. The molecular formula is C3H8FO2P. The van der Waals surface area contributed by atoms with Crippen LogP contribution in [0.3, 0.4) is 0 Å². The molecule has 0 aliphatic rings. The van der Waals surface area contributed by atoms with Gasteiger partial charge in [-0.3, -0.25) is 4.57 Å². The molecule has 4 heteroatoms. The summed E-state index contributed by atoms with van der Waals surface area (Å²) >= 11 is 0. The molecule has 0 saturated heterocycles. The molecule has 0 aromatic rings. The molecule has 0 fully saturated rings. The minimum Gasteiger partial charge on any atom is -0.344 e.